The van der Waals surface area contributed by atoms with Crippen LogP contribution in [0, 0.1) is 6.92 Å². The van der Waals surface area contributed by atoms with Crippen molar-refractivity contribution >= 4 is 17.1 Å². The zero-order chi connectivity index (χ0) is 13.3. The quantitative estimate of drug-likeness (QED) is 0.741. The Labute approximate surface area is 104 Å². The molecule has 0 radical (unpaired) electrons. The van der Waals surface area contributed by atoms with Crippen molar-refractivity contribution in [2.75, 3.05) is 7.05 Å². The standard InChI is InChI=1S/C12H15N3O3/c1-6-15-8-4-3-7(5-9(8)18-6)11(14-2)10(13)12(16)17/h3-5,10-11,14H,13H2,1-2H3,(H,16,17). The van der Waals surface area contributed by atoms with Gasteiger partial charge < -0.3 is 20.6 Å². The number of likely N-dealkylation sites (N-methyl/N-ethyl adjacent to an activating group) is 1. The summed E-state index contributed by atoms with van der Waals surface area (Å²) in [7, 11) is 1.67. The molecule has 0 aliphatic rings. The number of nitrogens with one attached hydrogen (secondary N) is 1. The van der Waals surface area contributed by atoms with E-state index in [1.54, 1.807) is 32.2 Å². The predicted octanol–water partition coefficient (Wildman–Crippen LogP) is 0.809. The van der Waals surface area contributed by atoms with Crippen LogP contribution in [0.15, 0.2) is 22.6 Å². The summed E-state index contributed by atoms with van der Waals surface area (Å²) in [5.41, 5.74) is 7.78. The largest absolute Gasteiger partial charge is 0.480 e. The number of fused-ring (bicyclic) bond motifs is 1. The molecule has 2 aromatic rings. The van der Waals surface area contributed by atoms with Gasteiger partial charge in [-0.05, 0) is 24.7 Å². The van der Waals surface area contributed by atoms with E-state index in [-0.39, 0.29) is 0 Å². The van der Waals surface area contributed by atoms with Crippen LogP contribution in [0.3, 0.4) is 0 Å². The van der Waals surface area contributed by atoms with Crippen molar-refractivity contribution in [2.24, 2.45) is 5.73 Å². The molecule has 0 aliphatic carbocycles. The highest BCUT2D eigenvalue weighted by atomic mass is 16.4. The summed E-state index contributed by atoms with van der Waals surface area (Å²) < 4.78 is 5.42. The Balaban J connectivity index is 2.41. The molecule has 1 heterocycles. The van der Waals surface area contributed by atoms with Gasteiger partial charge in [0.25, 0.3) is 0 Å². The van der Waals surface area contributed by atoms with Crippen LogP contribution in [0.2, 0.25) is 0 Å². The first-order valence-corrected chi connectivity index (χ1v) is 5.55. The Kier molecular flexibility index (Phi) is 3.31. The van der Waals surface area contributed by atoms with E-state index in [9.17, 15) is 4.79 Å². The predicted molar refractivity (Wildman–Crippen MR) is 66.2 cm³/mol. The fourth-order valence-electron chi connectivity index (χ4n) is 1.95. The Morgan fingerprint density at radius 1 is 1.56 bits per heavy atom. The van der Waals surface area contributed by atoms with E-state index >= 15 is 0 Å². The van der Waals surface area contributed by atoms with Gasteiger partial charge in [-0.25, -0.2) is 4.98 Å². The van der Waals surface area contributed by atoms with Crippen molar-refractivity contribution in [1.82, 2.24) is 10.3 Å². The molecule has 0 bridgehead atoms. The van der Waals surface area contributed by atoms with E-state index < -0.39 is 18.1 Å². The number of nitrogens with two attached hydrogens (primary N) is 1. The van der Waals surface area contributed by atoms with Crippen molar-refractivity contribution < 1.29 is 14.3 Å². The first-order chi connectivity index (χ1) is 8.52. The zero-order valence-electron chi connectivity index (χ0n) is 10.2. The maximum atomic E-state index is 10.9. The second kappa shape index (κ2) is 4.75. The zero-order valence-corrected chi connectivity index (χ0v) is 10.2. The normalized spacial score (nSPS) is 14.6. The van der Waals surface area contributed by atoms with Crippen LogP contribution in [0.1, 0.15) is 17.5 Å². The number of aliphatic carboxylic acids is 1. The third-order valence-corrected chi connectivity index (χ3v) is 2.83. The van der Waals surface area contributed by atoms with Gasteiger partial charge in [0.2, 0.25) is 0 Å². The summed E-state index contributed by atoms with van der Waals surface area (Å²) in [6.07, 6.45) is 0. The molecule has 2 atom stereocenters. The highest BCUT2D eigenvalue weighted by molar-refractivity contribution is 5.76. The minimum Gasteiger partial charge on any atom is -0.480 e. The topological polar surface area (TPSA) is 101 Å². The van der Waals surface area contributed by atoms with Crippen LogP contribution in [0.5, 0.6) is 0 Å². The highest BCUT2D eigenvalue weighted by Gasteiger charge is 2.24. The molecule has 6 heteroatoms. The first-order valence-electron chi connectivity index (χ1n) is 5.55. The molecule has 1 aromatic heterocycles. The number of hydrogen-bond acceptors (Lipinski definition) is 5. The molecule has 0 spiro atoms. The number of carboxylic acid groups (broad SMARTS) is 1. The molecule has 0 fully saturated rings. The number of aryl methyl sites for hydroxylation is 1. The molecule has 18 heavy (non-hydrogen) atoms. The summed E-state index contributed by atoms with van der Waals surface area (Å²) >= 11 is 0. The van der Waals surface area contributed by atoms with E-state index in [2.05, 4.69) is 10.3 Å². The van der Waals surface area contributed by atoms with E-state index in [0.717, 1.165) is 11.1 Å². The van der Waals surface area contributed by atoms with Gasteiger partial charge in [0.15, 0.2) is 11.5 Å². The second-order valence-corrected chi connectivity index (χ2v) is 4.09. The van der Waals surface area contributed by atoms with Gasteiger partial charge in [-0.15, -0.1) is 0 Å². The summed E-state index contributed by atoms with van der Waals surface area (Å²) in [6.45, 7) is 1.76. The lowest BCUT2D eigenvalue weighted by molar-refractivity contribution is -0.139. The van der Waals surface area contributed by atoms with Crippen LogP contribution in [-0.2, 0) is 4.79 Å². The SMILES string of the molecule is CNC(c1ccc2nc(C)oc2c1)C(N)C(=O)O. The second-order valence-electron chi connectivity index (χ2n) is 4.09. The van der Waals surface area contributed by atoms with Gasteiger partial charge in [-0.3, -0.25) is 4.79 Å². The van der Waals surface area contributed by atoms with Crippen molar-refractivity contribution in [1.29, 1.82) is 0 Å². The number of rotatable bonds is 4. The Bertz CT molecular complexity index is 579. The van der Waals surface area contributed by atoms with Crippen molar-refractivity contribution in [3.63, 3.8) is 0 Å². The van der Waals surface area contributed by atoms with Gasteiger partial charge in [0, 0.05) is 6.92 Å². The first kappa shape index (κ1) is 12.5. The lowest BCUT2D eigenvalue weighted by Crippen LogP contribution is -2.42. The third kappa shape index (κ3) is 2.20. The number of aromatic nitrogens is 1. The van der Waals surface area contributed by atoms with Crippen molar-refractivity contribution in [3.8, 4) is 0 Å². The van der Waals surface area contributed by atoms with Gasteiger partial charge in [0.1, 0.15) is 11.6 Å². The summed E-state index contributed by atoms with van der Waals surface area (Å²) in [5, 5.41) is 11.9. The smallest absolute Gasteiger partial charge is 0.322 e. The Hall–Kier alpha value is -1.92. The Morgan fingerprint density at radius 2 is 2.28 bits per heavy atom. The molecule has 0 saturated heterocycles. The molecule has 2 rings (SSSR count). The highest BCUT2D eigenvalue weighted by Crippen LogP contribution is 2.22. The molecule has 6 nitrogen and oxygen atoms in total. The van der Waals surface area contributed by atoms with Crippen LogP contribution < -0.4 is 11.1 Å². The molecule has 4 N–H and O–H groups in total. The van der Waals surface area contributed by atoms with Crippen LogP contribution in [0.25, 0.3) is 11.1 Å². The molecule has 1 aromatic carbocycles. The minimum absolute atomic E-state index is 0.475. The van der Waals surface area contributed by atoms with E-state index in [4.69, 9.17) is 15.3 Å². The van der Waals surface area contributed by atoms with Crippen LogP contribution in [-0.4, -0.2) is 29.1 Å². The molecule has 0 amide bonds. The van der Waals surface area contributed by atoms with E-state index in [1.807, 2.05) is 0 Å². The van der Waals surface area contributed by atoms with Gasteiger partial charge in [-0.2, -0.15) is 0 Å². The molecule has 2 unspecified atom stereocenters. The molecule has 0 aliphatic heterocycles. The average molecular weight is 249 g/mol. The fraction of sp³-hybridized carbons (Fsp3) is 0.333. The van der Waals surface area contributed by atoms with Gasteiger partial charge in [0.05, 0.1) is 6.04 Å². The van der Waals surface area contributed by atoms with E-state index in [1.165, 1.54) is 0 Å². The fourth-order valence-corrected chi connectivity index (χ4v) is 1.95. The molecule has 96 valence electrons. The molecular formula is C12H15N3O3. The number of carboxylic acids is 1. The number of carbonyl (C=O) groups is 1. The minimum atomic E-state index is -1.05. The monoisotopic (exact) mass is 249 g/mol. The Morgan fingerprint density at radius 3 is 2.89 bits per heavy atom. The number of benzene rings is 1. The summed E-state index contributed by atoms with van der Waals surface area (Å²) in [6, 6.07) is 3.86. The summed E-state index contributed by atoms with van der Waals surface area (Å²) in [5.74, 6) is -0.478. The number of hydrogen-bond donors (Lipinski definition) is 3. The van der Waals surface area contributed by atoms with Crippen molar-refractivity contribution in [3.05, 3.63) is 29.7 Å². The van der Waals surface area contributed by atoms with Crippen LogP contribution in [0.4, 0.5) is 0 Å². The molecular weight excluding hydrogens is 234 g/mol. The van der Waals surface area contributed by atoms with Gasteiger partial charge in [-0.1, -0.05) is 6.07 Å². The number of oxazole rings is 1. The van der Waals surface area contributed by atoms with Crippen LogP contribution >= 0.6 is 0 Å². The number of nitrogens with zero attached hydrogens (tertiary/aromatic N) is 1. The lowest BCUT2D eigenvalue weighted by Gasteiger charge is -2.20. The maximum Gasteiger partial charge on any atom is 0.322 e. The third-order valence-electron chi connectivity index (χ3n) is 2.83. The van der Waals surface area contributed by atoms with Crippen molar-refractivity contribution in [2.45, 2.75) is 19.0 Å². The summed E-state index contributed by atoms with van der Waals surface area (Å²) in [4.78, 5) is 15.1. The van der Waals surface area contributed by atoms with Gasteiger partial charge >= 0.3 is 5.97 Å². The molecule has 0 saturated carbocycles. The van der Waals surface area contributed by atoms with E-state index in [0.29, 0.717) is 11.5 Å². The maximum absolute atomic E-state index is 10.9. The average Bonchev–Trinajstić information content (AvgIpc) is 2.69. The lowest BCUT2D eigenvalue weighted by atomic mass is 10.00.